The van der Waals surface area contributed by atoms with E-state index in [4.69, 9.17) is 4.74 Å². The van der Waals surface area contributed by atoms with Crippen LogP contribution in [-0.4, -0.2) is 12.6 Å². The Kier molecular flexibility index (Phi) is 1.71. The number of hydrogen-bond donors (Lipinski definition) is 0. The molecule has 0 aromatic carbocycles. The van der Waals surface area contributed by atoms with Gasteiger partial charge in [0, 0.05) is 11.5 Å². The topological polar surface area (TPSA) is 26.3 Å². The second-order valence-electron chi connectivity index (χ2n) is 3.87. The number of fused-ring (bicyclic) bond motifs is 1. The molecule has 0 aromatic rings. The average Bonchev–Trinajstić information content (AvgIpc) is 2.41. The van der Waals surface area contributed by atoms with Crippen molar-refractivity contribution in [3.05, 3.63) is 11.1 Å². The predicted octanol–water partition coefficient (Wildman–Crippen LogP) is 1.91. The Labute approximate surface area is 72.6 Å². The predicted molar refractivity (Wildman–Crippen MR) is 45.5 cm³/mol. The van der Waals surface area contributed by atoms with Gasteiger partial charge in [0.15, 0.2) is 0 Å². The maximum Gasteiger partial charge on any atom is 0.333 e. The molecule has 1 fully saturated rings. The molecule has 0 saturated heterocycles. The molecule has 2 heteroatoms. The minimum Gasteiger partial charge on any atom is -0.462 e. The van der Waals surface area contributed by atoms with Gasteiger partial charge in [0.25, 0.3) is 0 Å². The zero-order valence-corrected chi connectivity index (χ0v) is 7.59. The van der Waals surface area contributed by atoms with Crippen LogP contribution < -0.4 is 0 Å². The number of rotatable bonds is 0. The molecule has 2 rings (SSSR count). The fourth-order valence-electron chi connectivity index (χ4n) is 2.25. The van der Waals surface area contributed by atoms with Crippen molar-refractivity contribution in [3.63, 3.8) is 0 Å². The van der Waals surface area contributed by atoms with E-state index in [1.807, 2.05) is 6.92 Å². The highest BCUT2D eigenvalue weighted by Crippen LogP contribution is 2.40. The van der Waals surface area contributed by atoms with Gasteiger partial charge in [0.05, 0.1) is 6.61 Å². The molecule has 2 nitrogen and oxygen atoms in total. The van der Waals surface area contributed by atoms with E-state index in [-0.39, 0.29) is 5.97 Å². The van der Waals surface area contributed by atoms with Gasteiger partial charge in [0.1, 0.15) is 0 Å². The van der Waals surface area contributed by atoms with Crippen LogP contribution in [0.4, 0.5) is 0 Å². The molecule has 2 unspecified atom stereocenters. The lowest BCUT2D eigenvalue weighted by atomic mass is 9.91. The Morgan fingerprint density at radius 1 is 1.50 bits per heavy atom. The van der Waals surface area contributed by atoms with Crippen molar-refractivity contribution in [2.24, 2.45) is 11.8 Å². The van der Waals surface area contributed by atoms with Crippen molar-refractivity contribution < 1.29 is 9.53 Å². The summed E-state index contributed by atoms with van der Waals surface area (Å²) in [7, 11) is 0. The lowest BCUT2D eigenvalue weighted by Crippen LogP contribution is -2.24. The summed E-state index contributed by atoms with van der Waals surface area (Å²) in [5, 5.41) is 0. The fourth-order valence-corrected chi connectivity index (χ4v) is 2.25. The highest BCUT2D eigenvalue weighted by atomic mass is 16.5. The largest absolute Gasteiger partial charge is 0.462 e. The molecule has 0 aromatic heterocycles. The summed E-state index contributed by atoms with van der Waals surface area (Å²) in [4.78, 5) is 11.2. The molecule has 1 aliphatic heterocycles. The molecule has 2 aliphatic rings. The van der Waals surface area contributed by atoms with E-state index < -0.39 is 0 Å². The first kappa shape index (κ1) is 7.84. The van der Waals surface area contributed by atoms with Crippen molar-refractivity contribution in [2.45, 2.75) is 26.7 Å². The molecule has 0 bridgehead atoms. The maximum absolute atomic E-state index is 11.2. The highest BCUT2D eigenvalue weighted by molar-refractivity contribution is 5.89. The van der Waals surface area contributed by atoms with Crippen LogP contribution in [0.5, 0.6) is 0 Å². The Hall–Kier alpha value is -0.790. The average molecular weight is 166 g/mol. The minimum atomic E-state index is -0.102. The summed E-state index contributed by atoms with van der Waals surface area (Å²) in [5.74, 6) is 1.13. The molecule has 0 amide bonds. The second-order valence-corrected chi connectivity index (χ2v) is 3.87. The summed E-state index contributed by atoms with van der Waals surface area (Å²) in [6.07, 6.45) is 2.32. The van der Waals surface area contributed by atoms with E-state index in [0.717, 1.165) is 12.0 Å². The van der Waals surface area contributed by atoms with Crippen LogP contribution in [0.2, 0.25) is 0 Å². The smallest absolute Gasteiger partial charge is 0.333 e. The van der Waals surface area contributed by atoms with Gasteiger partial charge in [-0.15, -0.1) is 0 Å². The van der Waals surface area contributed by atoms with Crippen molar-refractivity contribution in [3.8, 4) is 0 Å². The number of esters is 1. The van der Waals surface area contributed by atoms with Gasteiger partial charge < -0.3 is 4.74 Å². The summed E-state index contributed by atoms with van der Waals surface area (Å²) in [5.41, 5.74) is 2.23. The van der Waals surface area contributed by atoms with Gasteiger partial charge in [0.2, 0.25) is 0 Å². The van der Waals surface area contributed by atoms with Crippen molar-refractivity contribution in [1.82, 2.24) is 0 Å². The van der Waals surface area contributed by atoms with Crippen LogP contribution >= 0.6 is 0 Å². The van der Waals surface area contributed by atoms with Gasteiger partial charge in [-0.2, -0.15) is 0 Å². The third-order valence-electron chi connectivity index (χ3n) is 3.19. The van der Waals surface area contributed by atoms with Gasteiger partial charge in [-0.05, 0) is 25.7 Å². The van der Waals surface area contributed by atoms with E-state index >= 15 is 0 Å². The molecule has 2 atom stereocenters. The lowest BCUT2D eigenvalue weighted by molar-refractivity contribution is -0.141. The molecular formula is C10H14O2. The van der Waals surface area contributed by atoms with Crippen LogP contribution in [-0.2, 0) is 9.53 Å². The molecule has 0 radical (unpaired) electrons. The Bertz CT molecular complexity index is 253. The molecule has 0 N–H and O–H groups in total. The quantitative estimate of drug-likeness (QED) is 0.514. The van der Waals surface area contributed by atoms with E-state index in [1.54, 1.807) is 0 Å². The van der Waals surface area contributed by atoms with E-state index in [1.165, 1.54) is 12.0 Å². The number of hydrogen-bond acceptors (Lipinski definition) is 2. The molecule has 12 heavy (non-hydrogen) atoms. The van der Waals surface area contributed by atoms with Gasteiger partial charge in [-0.25, -0.2) is 4.79 Å². The standard InChI is InChI=1S/C10H14O2/c1-6-3-4-8-7(2)10(11)12-5-9(6)8/h6,9H,3-5H2,1-2H3. The number of carbonyl (C=O) groups excluding carboxylic acids is 1. The number of cyclic esters (lactones) is 1. The normalized spacial score (nSPS) is 35.0. The fraction of sp³-hybridized carbons (Fsp3) is 0.700. The Balaban J connectivity index is 2.35. The van der Waals surface area contributed by atoms with Crippen molar-refractivity contribution in [1.29, 1.82) is 0 Å². The second kappa shape index (κ2) is 2.61. The number of carbonyl (C=O) groups is 1. The molecule has 1 heterocycles. The third-order valence-corrected chi connectivity index (χ3v) is 3.19. The summed E-state index contributed by atoms with van der Waals surface area (Å²) in [6.45, 7) is 4.75. The van der Waals surface area contributed by atoms with E-state index in [2.05, 4.69) is 6.92 Å². The van der Waals surface area contributed by atoms with Gasteiger partial charge in [-0.3, -0.25) is 0 Å². The SMILES string of the molecule is CC1=C2CCC(C)C2COC1=O. The Morgan fingerprint density at radius 2 is 2.25 bits per heavy atom. The van der Waals surface area contributed by atoms with Crippen molar-refractivity contribution >= 4 is 5.97 Å². The van der Waals surface area contributed by atoms with E-state index in [0.29, 0.717) is 18.4 Å². The molecule has 1 saturated carbocycles. The van der Waals surface area contributed by atoms with Crippen LogP contribution in [0.25, 0.3) is 0 Å². The van der Waals surface area contributed by atoms with Crippen LogP contribution in [0.3, 0.4) is 0 Å². The third kappa shape index (κ3) is 0.977. The Morgan fingerprint density at radius 3 is 3.00 bits per heavy atom. The van der Waals surface area contributed by atoms with Crippen LogP contribution in [0.15, 0.2) is 11.1 Å². The first-order chi connectivity index (χ1) is 5.70. The zero-order valence-electron chi connectivity index (χ0n) is 7.59. The van der Waals surface area contributed by atoms with Gasteiger partial charge >= 0.3 is 5.97 Å². The zero-order chi connectivity index (χ0) is 8.72. The lowest BCUT2D eigenvalue weighted by Gasteiger charge is -2.23. The highest BCUT2D eigenvalue weighted by Gasteiger charge is 2.35. The number of ether oxygens (including phenoxy) is 1. The monoisotopic (exact) mass is 166 g/mol. The summed E-state index contributed by atoms with van der Waals surface area (Å²) in [6, 6.07) is 0. The first-order valence-electron chi connectivity index (χ1n) is 4.57. The summed E-state index contributed by atoms with van der Waals surface area (Å²) < 4.78 is 5.08. The summed E-state index contributed by atoms with van der Waals surface area (Å²) >= 11 is 0. The molecule has 0 spiro atoms. The molecule has 1 aliphatic carbocycles. The van der Waals surface area contributed by atoms with E-state index in [9.17, 15) is 4.79 Å². The van der Waals surface area contributed by atoms with Gasteiger partial charge in [-0.1, -0.05) is 12.5 Å². The minimum absolute atomic E-state index is 0.102. The maximum atomic E-state index is 11.2. The van der Waals surface area contributed by atoms with Crippen molar-refractivity contribution in [2.75, 3.05) is 6.61 Å². The molecular weight excluding hydrogens is 152 g/mol. The van der Waals surface area contributed by atoms with Crippen LogP contribution in [0, 0.1) is 11.8 Å². The first-order valence-corrected chi connectivity index (χ1v) is 4.57. The van der Waals surface area contributed by atoms with Crippen LogP contribution in [0.1, 0.15) is 26.7 Å². The molecule has 66 valence electrons.